The Bertz CT molecular complexity index is 270. The van der Waals surface area contributed by atoms with Crippen molar-refractivity contribution in [2.45, 2.75) is 19.5 Å². The van der Waals surface area contributed by atoms with E-state index in [2.05, 4.69) is 5.32 Å². The molecule has 0 bridgehead atoms. The van der Waals surface area contributed by atoms with E-state index in [-0.39, 0.29) is 11.9 Å². The van der Waals surface area contributed by atoms with Gasteiger partial charge in [0.15, 0.2) is 0 Å². The van der Waals surface area contributed by atoms with Crippen molar-refractivity contribution in [2.75, 3.05) is 13.7 Å². The molecule has 1 rings (SSSR count). The van der Waals surface area contributed by atoms with Crippen molar-refractivity contribution in [2.24, 2.45) is 0 Å². The summed E-state index contributed by atoms with van der Waals surface area (Å²) in [5.41, 5.74) is 0. The van der Waals surface area contributed by atoms with Crippen LogP contribution in [0.3, 0.4) is 0 Å². The third-order valence-electron chi connectivity index (χ3n) is 1.87. The van der Waals surface area contributed by atoms with Crippen LogP contribution >= 0.6 is 0 Å². The minimum Gasteiger partial charge on any atom is -0.382 e. The van der Waals surface area contributed by atoms with E-state index in [1.165, 1.54) is 6.92 Å². The average Bonchev–Trinajstić information content (AvgIpc) is 2.56. The Hall–Kier alpha value is -1.29. The van der Waals surface area contributed by atoms with E-state index in [9.17, 15) is 4.79 Å². The van der Waals surface area contributed by atoms with Gasteiger partial charge in [-0.05, 0) is 12.1 Å². The van der Waals surface area contributed by atoms with Crippen molar-refractivity contribution >= 4 is 5.91 Å². The summed E-state index contributed by atoms with van der Waals surface area (Å²) < 4.78 is 7.04. The number of carbonyl (C=O) groups is 1. The Kier molecular flexibility index (Phi) is 4.19. The normalized spacial score (nSPS) is 12.4. The second-order valence-electron chi connectivity index (χ2n) is 3.23. The van der Waals surface area contributed by atoms with Gasteiger partial charge in [-0.3, -0.25) is 4.79 Å². The highest BCUT2D eigenvalue weighted by molar-refractivity contribution is 5.73. The molecule has 0 fully saturated rings. The predicted octanol–water partition coefficient (Wildman–Crippen LogP) is 0.639. The van der Waals surface area contributed by atoms with E-state index in [0.29, 0.717) is 6.61 Å². The summed E-state index contributed by atoms with van der Waals surface area (Å²) in [5.74, 6) is -0.0285. The molecule has 0 aliphatic rings. The Balaban J connectivity index is 2.46. The molecule has 0 radical (unpaired) electrons. The lowest BCUT2D eigenvalue weighted by molar-refractivity contribution is -0.120. The number of hydrogen-bond donors (Lipinski definition) is 1. The van der Waals surface area contributed by atoms with Crippen LogP contribution in [0.5, 0.6) is 0 Å². The van der Waals surface area contributed by atoms with Gasteiger partial charge in [0.25, 0.3) is 0 Å². The highest BCUT2D eigenvalue weighted by Gasteiger charge is 2.09. The standard InChI is InChI=1S/C10H16N2O2/c1-9(13)11-10(8-14-2)7-12-5-3-4-6-12/h3-6,10H,7-8H2,1-2H3,(H,11,13)/t10-/m1/s1. The summed E-state index contributed by atoms with van der Waals surface area (Å²) in [5, 5.41) is 2.83. The van der Waals surface area contributed by atoms with Gasteiger partial charge in [-0.2, -0.15) is 0 Å². The summed E-state index contributed by atoms with van der Waals surface area (Å²) in [6, 6.07) is 3.94. The van der Waals surface area contributed by atoms with Crippen LogP contribution in [0.1, 0.15) is 6.92 Å². The highest BCUT2D eigenvalue weighted by Crippen LogP contribution is 1.95. The Morgan fingerprint density at radius 3 is 2.64 bits per heavy atom. The first kappa shape index (κ1) is 10.8. The summed E-state index contributed by atoms with van der Waals surface area (Å²) >= 11 is 0. The summed E-state index contributed by atoms with van der Waals surface area (Å²) in [7, 11) is 1.63. The number of aromatic nitrogens is 1. The van der Waals surface area contributed by atoms with Crippen LogP contribution in [0.25, 0.3) is 0 Å². The summed E-state index contributed by atoms with van der Waals surface area (Å²) in [4.78, 5) is 10.9. The molecule has 0 aliphatic carbocycles. The second kappa shape index (κ2) is 5.44. The number of rotatable bonds is 5. The van der Waals surface area contributed by atoms with Crippen molar-refractivity contribution < 1.29 is 9.53 Å². The van der Waals surface area contributed by atoms with E-state index < -0.39 is 0 Å². The van der Waals surface area contributed by atoms with Crippen molar-refractivity contribution in [3.63, 3.8) is 0 Å². The van der Waals surface area contributed by atoms with Gasteiger partial charge in [0, 0.05) is 33.0 Å². The van der Waals surface area contributed by atoms with Crippen LogP contribution in [-0.2, 0) is 16.1 Å². The number of hydrogen-bond acceptors (Lipinski definition) is 2. The van der Waals surface area contributed by atoms with Crippen LogP contribution in [0.4, 0.5) is 0 Å². The quantitative estimate of drug-likeness (QED) is 0.751. The largest absolute Gasteiger partial charge is 0.382 e. The van der Waals surface area contributed by atoms with Gasteiger partial charge in [-0.25, -0.2) is 0 Å². The first-order chi connectivity index (χ1) is 6.72. The SMILES string of the molecule is COC[C@@H](Cn1cccc1)NC(C)=O. The van der Waals surface area contributed by atoms with E-state index in [1.54, 1.807) is 7.11 Å². The van der Waals surface area contributed by atoms with Crippen LogP contribution in [-0.4, -0.2) is 30.2 Å². The van der Waals surface area contributed by atoms with E-state index in [0.717, 1.165) is 6.54 Å². The topological polar surface area (TPSA) is 43.3 Å². The molecule has 78 valence electrons. The number of nitrogens with one attached hydrogen (secondary N) is 1. The summed E-state index contributed by atoms with van der Waals surface area (Å²) in [6.45, 7) is 2.77. The molecule has 4 nitrogen and oxygen atoms in total. The molecule has 1 aromatic heterocycles. The number of nitrogens with zero attached hydrogens (tertiary/aromatic N) is 1. The third kappa shape index (κ3) is 3.62. The first-order valence-corrected chi connectivity index (χ1v) is 4.59. The zero-order valence-corrected chi connectivity index (χ0v) is 8.56. The fraction of sp³-hybridized carbons (Fsp3) is 0.500. The number of amides is 1. The second-order valence-corrected chi connectivity index (χ2v) is 3.23. The van der Waals surface area contributed by atoms with E-state index in [4.69, 9.17) is 4.74 Å². The molecule has 4 heteroatoms. The lowest BCUT2D eigenvalue weighted by atomic mass is 10.3. The van der Waals surface area contributed by atoms with E-state index in [1.807, 2.05) is 29.1 Å². The van der Waals surface area contributed by atoms with Crippen molar-refractivity contribution in [3.8, 4) is 0 Å². The molecular formula is C10H16N2O2. The lowest BCUT2D eigenvalue weighted by Gasteiger charge is -2.17. The molecule has 0 saturated heterocycles. The van der Waals surface area contributed by atoms with Crippen molar-refractivity contribution in [3.05, 3.63) is 24.5 Å². The molecule has 1 aromatic rings. The molecule has 1 amide bonds. The number of ether oxygens (including phenoxy) is 1. The molecule has 0 saturated carbocycles. The Labute approximate surface area is 83.9 Å². The molecule has 1 heterocycles. The summed E-state index contributed by atoms with van der Waals surface area (Å²) in [6.07, 6.45) is 3.93. The smallest absolute Gasteiger partial charge is 0.217 e. The van der Waals surface area contributed by atoms with Gasteiger partial charge < -0.3 is 14.6 Å². The van der Waals surface area contributed by atoms with E-state index >= 15 is 0 Å². The minimum absolute atomic E-state index is 0.0285. The number of methoxy groups -OCH3 is 1. The molecule has 0 spiro atoms. The molecular weight excluding hydrogens is 180 g/mol. The predicted molar refractivity (Wildman–Crippen MR) is 53.9 cm³/mol. The van der Waals surface area contributed by atoms with Crippen LogP contribution in [0.2, 0.25) is 0 Å². The van der Waals surface area contributed by atoms with Gasteiger partial charge in [0.2, 0.25) is 5.91 Å². The monoisotopic (exact) mass is 196 g/mol. The molecule has 14 heavy (non-hydrogen) atoms. The van der Waals surface area contributed by atoms with Gasteiger partial charge in [0.1, 0.15) is 0 Å². The first-order valence-electron chi connectivity index (χ1n) is 4.59. The van der Waals surface area contributed by atoms with Gasteiger partial charge in [0.05, 0.1) is 12.6 Å². The van der Waals surface area contributed by atoms with Crippen LogP contribution < -0.4 is 5.32 Å². The maximum absolute atomic E-state index is 10.9. The fourth-order valence-corrected chi connectivity index (χ4v) is 1.38. The minimum atomic E-state index is -0.0285. The third-order valence-corrected chi connectivity index (χ3v) is 1.87. The maximum Gasteiger partial charge on any atom is 0.217 e. The Morgan fingerprint density at radius 1 is 1.50 bits per heavy atom. The lowest BCUT2D eigenvalue weighted by Crippen LogP contribution is -2.39. The van der Waals surface area contributed by atoms with Crippen LogP contribution in [0, 0.1) is 0 Å². The average molecular weight is 196 g/mol. The van der Waals surface area contributed by atoms with Crippen molar-refractivity contribution in [1.29, 1.82) is 0 Å². The van der Waals surface area contributed by atoms with Gasteiger partial charge in [-0.15, -0.1) is 0 Å². The molecule has 0 aliphatic heterocycles. The molecule has 1 atom stereocenters. The molecule has 0 aromatic carbocycles. The number of carbonyl (C=O) groups excluding carboxylic acids is 1. The maximum atomic E-state index is 10.9. The fourth-order valence-electron chi connectivity index (χ4n) is 1.38. The van der Waals surface area contributed by atoms with Gasteiger partial charge >= 0.3 is 0 Å². The van der Waals surface area contributed by atoms with Gasteiger partial charge in [-0.1, -0.05) is 0 Å². The van der Waals surface area contributed by atoms with Crippen molar-refractivity contribution in [1.82, 2.24) is 9.88 Å². The zero-order valence-electron chi connectivity index (χ0n) is 8.56. The Morgan fingerprint density at radius 2 is 2.14 bits per heavy atom. The van der Waals surface area contributed by atoms with Crippen LogP contribution in [0.15, 0.2) is 24.5 Å². The molecule has 0 unspecified atom stereocenters. The molecule has 1 N–H and O–H groups in total. The zero-order chi connectivity index (χ0) is 10.4. The highest BCUT2D eigenvalue weighted by atomic mass is 16.5.